The SMILES string of the molecule is N#Cc1c[c-]c([N+](=O)[O-])cc1.[Y]. The summed E-state index contributed by atoms with van der Waals surface area (Å²) in [5.41, 5.74) is 0.250. The summed E-state index contributed by atoms with van der Waals surface area (Å²) in [5.74, 6) is 0. The van der Waals surface area contributed by atoms with Gasteiger partial charge in [0.25, 0.3) is 0 Å². The maximum absolute atomic E-state index is 10.1. The number of non-ortho nitro benzene ring substituents is 1. The second-order valence-corrected chi connectivity index (χ2v) is 1.83. The van der Waals surface area contributed by atoms with E-state index in [0.717, 1.165) is 0 Å². The van der Waals surface area contributed by atoms with Gasteiger partial charge in [0, 0.05) is 43.7 Å². The molecule has 0 aromatic heterocycles. The van der Waals surface area contributed by atoms with E-state index in [2.05, 4.69) is 6.07 Å². The Morgan fingerprint density at radius 3 is 2.58 bits per heavy atom. The molecule has 1 rings (SSSR count). The van der Waals surface area contributed by atoms with E-state index in [1.54, 1.807) is 0 Å². The van der Waals surface area contributed by atoms with Gasteiger partial charge in [-0.1, -0.05) is 17.7 Å². The average molecular weight is 236 g/mol. The molecule has 1 aromatic carbocycles. The summed E-state index contributed by atoms with van der Waals surface area (Å²) >= 11 is 0. The third-order valence-corrected chi connectivity index (χ3v) is 1.12. The summed E-state index contributed by atoms with van der Waals surface area (Å²) in [6.45, 7) is 0. The van der Waals surface area contributed by atoms with Crippen molar-refractivity contribution in [2.75, 3.05) is 0 Å². The Morgan fingerprint density at radius 1 is 1.58 bits per heavy atom. The summed E-state index contributed by atoms with van der Waals surface area (Å²) in [5, 5.41) is 18.4. The van der Waals surface area contributed by atoms with E-state index in [4.69, 9.17) is 5.26 Å². The van der Waals surface area contributed by atoms with Gasteiger partial charge in [0.2, 0.25) is 0 Å². The molecule has 0 heterocycles. The molecule has 0 fully saturated rings. The molecule has 12 heavy (non-hydrogen) atoms. The van der Waals surface area contributed by atoms with Crippen molar-refractivity contribution in [2.24, 2.45) is 0 Å². The second-order valence-electron chi connectivity index (χ2n) is 1.83. The summed E-state index contributed by atoms with van der Waals surface area (Å²) in [6.07, 6.45) is 0. The van der Waals surface area contributed by atoms with Crippen molar-refractivity contribution in [2.45, 2.75) is 0 Å². The van der Waals surface area contributed by atoms with Crippen LogP contribution in [0.15, 0.2) is 18.2 Å². The van der Waals surface area contributed by atoms with Crippen LogP contribution < -0.4 is 0 Å². The van der Waals surface area contributed by atoms with Crippen LogP contribution in [0.1, 0.15) is 5.56 Å². The predicted molar refractivity (Wildman–Crippen MR) is 36.6 cm³/mol. The Hall–Kier alpha value is -0.786. The number of nitro benzene ring substituents is 1. The molecule has 0 saturated carbocycles. The van der Waals surface area contributed by atoms with Crippen molar-refractivity contribution >= 4 is 5.69 Å². The minimum absolute atomic E-state index is 0. The molecular formula is C7H3N2O2Y-. The van der Waals surface area contributed by atoms with Crippen molar-refractivity contribution in [1.29, 1.82) is 5.26 Å². The molecule has 0 atom stereocenters. The van der Waals surface area contributed by atoms with E-state index in [1.165, 1.54) is 18.2 Å². The fraction of sp³-hybridized carbons (Fsp3) is 0. The van der Waals surface area contributed by atoms with Crippen molar-refractivity contribution in [1.82, 2.24) is 0 Å². The molecule has 0 saturated heterocycles. The third-order valence-electron chi connectivity index (χ3n) is 1.12. The largest absolute Gasteiger partial charge is 0.260 e. The Labute approximate surface area is 94.2 Å². The van der Waals surface area contributed by atoms with Crippen LogP contribution >= 0.6 is 0 Å². The van der Waals surface area contributed by atoms with Crippen molar-refractivity contribution < 1.29 is 37.6 Å². The van der Waals surface area contributed by atoms with Gasteiger partial charge in [-0.2, -0.15) is 6.07 Å². The van der Waals surface area contributed by atoms with Gasteiger partial charge >= 0.3 is 0 Å². The van der Waals surface area contributed by atoms with Crippen LogP contribution in [0.2, 0.25) is 0 Å². The van der Waals surface area contributed by atoms with Gasteiger partial charge in [-0.3, -0.25) is 10.1 Å². The van der Waals surface area contributed by atoms with Crippen molar-refractivity contribution in [3.63, 3.8) is 0 Å². The van der Waals surface area contributed by atoms with Gasteiger partial charge in [-0.15, -0.1) is 6.07 Å². The van der Waals surface area contributed by atoms with E-state index in [9.17, 15) is 10.1 Å². The van der Waals surface area contributed by atoms with E-state index in [1.807, 2.05) is 6.07 Å². The van der Waals surface area contributed by atoms with Crippen LogP contribution in [0.3, 0.4) is 0 Å². The van der Waals surface area contributed by atoms with Crippen LogP contribution in [-0.4, -0.2) is 4.92 Å². The molecular weight excluding hydrogens is 233 g/mol. The molecule has 0 unspecified atom stereocenters. The molecule has 1 aromatic rings. The van der Waals surface area contributed by atoms with Gasteiger partial charge in [-0.25, -0.2) is 5.26 Å². The van der Waals surface area contributed by atoms with E-state index >= 15 is 0 Å². The normalized spacial score (nSPS) is 7.92. The van der Waals surface area contributed by atoms with Crippen molar-refractivity contribution in [3.8, 4) is 6.07 Å². The zero-order chi connectivity index (χ0) is 8.27. The fourth-order valence-electron chi connectivity index (χ4n) is 0.600. The summed E-state index contributed by atoms with van der Waals surface area (Å²) in [6, 6.07) is 8.13. The van der Waals surface area contributed by atoms with Gasteiger partial charge in [0.1, 0.15) is 0 Å². The smallest absolute Gasteiger partial charge is 0.162 e. The second kappa shape index (κ2) is 4.97. The number of rotatable bonds is 1. The fourth-order valence-corrected chi connectivity index (χ4v) is 0.600. The van der Waals surface area contributed by atoms with E-state index < -0.39 is 4.92 Å². The number of hydrogen-bond donors (Lipinski definition) is 0. The molecule has 5 heteroatoms. The summed E-state index contributed by atoms with van der Waals surface area (Å²) < 4.78 is 0. The number of nitriles is 1. The van der Waals surface area contributed by atoms with Gasteiger partial charge in [0.15, 0.2) is 5.69 Å². The zero-order valence-electron chi connectivity index (χ0n) is 6.02. The van der Waals surface area contributed by atoms with Crippen molar-refractivity contribution in [3.05, 3.63) is 39.9 Å². The van der Waals surface area contributed by atoms with Gasteiger partial charge < -0.3 is 0 Å². The van der Waals surface area contributed by atoms with Crippen LogP contribution in [0, 0.1) is 27.5 Å². The Kier molecular flexibility index (Phi) is 4.64. The molecule has 0 aliphatic rings. The summed E-state index contributed by atoms with van der Waals surface area (Å²) in [7, 11) is 0. The minimum atomic E-state index is -0.554. The first-order valence-corrected chi connectivity index (χ1v) is 2.80. The number of benzene rings is 1. The zero-order valence-corrected chi connectivity index (χ0v) is 8.86. The van der Waals surface area contributed by atoms with Gasteiger partial charge in [-0.05, 0) is 0 Å². The summed E-state index contributed by atoms with van der Waals surface area (Å²) in [4.78, 5) is 9.54. The molecule has 0 N–H and O–H groups in total. The minimum Gasteiger partial charge on any atom is -0.260 e. The number of nitro groups is 1. The molecule has 0 spiro atoms. The predicted octanol–water partition coefficient (Wildman–Crippen LogP) is 1.26. The standard InChI is InChI=1S/C7H3N2O2.Y/c8-5-6-1-3-7(4-2-6)9(10)11;/h1-3H;/q-1;. The molecule has 0 amide bonds. The molecule has 4 nitrogen and oxygen atoms in total. The van der Waals surface area contributed by atoms with Crippen LogP contribution in [0.5, 0.6) is 0 Å². The molecule has 57 valence electrons. The van der Waals surface area contributed by atoms with Crippen LogP contribution in [0.25, 0.3) is 0 Å². The Morgan fingerprint density at radius 2 is 2.25 bits per heavy atom. The van der Waals surface area contributed by atoms with E-state index in [-0.39, 0.29) is 38.4 Å². The third kappa shape index (κ3) is 2.69. The van der Waals surface area contributed by atoms with Crippen LogP contribution in [-0.2, 0) is 32.7 Å². The first kappa shape index (κ1) is 11.2. The maximum atomic E-state index is 10.1. The van der Waals surface area contributed by atoms with Gasteiger partial charge in [0.05, 0.1) is 0 Å². The first-order valence-electron chi connectivity index (χ1n) is 2.80. The van der Waals surface area contributed by atoms with Crippen LogP contribution in [0.4, 0.5) is 5.69 Å². The Balaban J connectivity index is 0.00000121. The monoisotopic (exact) mass is 236 g/mol. The molecule has 0 aliphatic heterocycles. The number of hydrogen-bond acceptors (Lipinski definition) is 3. The maximum Gasteiger partial charge on any atom is 0.162 e. The molecule has 0 bridgehead atoms. The first-order chi connectivity index (χ1) is 5.24. The van der Waals surface area contributed by atoms with E-state index in [0.29, 0.717) is 5.56 Å². The average Bonchev–Trinajstić information content (AvgIpc) is 2.05. The topological polar surface area (TPSA) is 66.9 Å². The molecule has 0 aliphatic carbocycles. The quantitative estimate of drug-likeness (QED) is 0.418. The molecule has 1 radical (unpaired) electrons. The number of nitrogens with zero attached hydrogens (tertiary/aromatic N) is 2. The Bertz CT molecular complexity index is 315.